The van der Waals surface area contributed by atoms with Crippen molar-refractivity contribution in [2.45, 2.75) is 30.8 Å². The predicted octanol–water partition coefficient (Wildman–Crippen LogP) is 1.77. The van der Waals surface area contributed by atoms with Crippen LogP contribution in [-0.4, -0.2) is 21.8 Å². The summed E-state index contributed by atoms with van der Waals surface area (Å²) in [5, 5.41) is 19.3. The lowest BCUT2D eigenvalue weighted by Gasteiger charge is -2.41. The van der Waals surface area contributed by atoms with Crippen LogP contribution >= 0.6 is 0 Å². The van der Waals surface area contributed by atoms with Crippen LogP contribution in [0, 0.1) is 0 Å². The van der Waals surface area contributed by atoms with Gasteiger partial charge < -0.3 is 10.2 Å². The van der Waals surface area contributed by atoms with Crippen LogP contribution in [0.3, 0.4) is 0 Å². The third-order valence-electron chi connectivity index (χ3n) is 3.14. The summed E-state index contributed by atoms with van der Waals surface area (Å²) in [6.45, 7) is 0. The number of rotatable bonds is 3. The zero-order valence-electron chi connectivity index (χ0n) is 8.39. The number of benzene rings is 1. The maximum Gasteiger partial charge on any atom is 0.313 e. The van der Waals surface area contributed by atoms with E-state index in [0.29, 0.717) is 18.4 Å². The van der Waals surface area contributed by atoms with Gasteiger partial charge in [0.05, 0.1) is 5.60 Å². The fourth-order valence-corrected chi connectivity index (χ4v) is 2.16. The van der Waals surface area contributed by atoms with Crippen LogP contribution in [0.2, 0.25) is 0 Å². The van der Waals surface area contributed by atoms with Gasteiger partial charge in [-0.2, -0.15) is 0 Å². The van der Waals surface area contributed by atoms with Gasteiger partial charge in [-0.05, 0) is 24.8 Å². The molecule has 3 heteroatoms. The van der Waals surface area contributed by atoms with E-state index >= 15 is 0 Å². The molecule has 1 fully saturated rings. The van der Waals surface area contributed by atoms with Crippen molar-refractivity contribution in [2.75, 3.05) is 0 Å². The zero-order chi connectivity index (χ0) is 10.9. The number of aliphatic carboxylic acids is 1. The molecule has 1 saturated carbocycles. The van der Waals surface area contributed by atoms with E-state index in [9.17, 15) is 9.90 Å². The molecule has 1 aromatic rings. The highest BCUT2D eigenvalue weighted by Crippen LogP contribution is 2.43. The first-order valence-electron chi connectivity index (χ1n) is 5.14. The van der Waals surface area contributed by atoms with Gasteiger partial charge in [0.25, 0.3) is 0 Å². The van der Waals surface area contributed by atoms with Crippen molar-refractivity contribution in [3.8, 4) is 0 Å². The average molecular weight is 206 g/mol. The molecule has 1 aliphatic rings. The van der Waals surface area contributed by atoms with E-state index in [-0.39, 0.29) is 0 Å². The summed E-state index contributed by atoms with van der Waals surface area (Å²) in [5.41, 5.74) is -0.347. The van der Waals surface area contributed by atoms with Crippen LogP contribution in [0.4, 0.5) is 0 Å². The van der Waals surface area contributed by atoms with Gasteiger partial charge in [0, 0.05) is 0 Å². The van der Waals surface area contributed by atoms with Crippen molar-refractivity contribution in [2.24, 2.45) is 0 Å². The van der Waals surface area contributed by atoms with Crippen LogP contribution in [0.25, 0.3) is 0 Å². The van der Waals surface area contributed by atoms with E-state index in [0.717, 1.165) is 6.42 Å². The molecule has 1 aliphatic carbocycles. The Morgan fingerprint density at radius 3 is 2.27 bits per heavy atom. The lowest BCUT2D eigenvalue weighted by atomic mass is 9.69. The minimum Gasteiger partial charge on any atom is -0.481 e. The van der Waals surface area contributed by atoms with Crippen molar-refractivity contribution in [3.05, 3.63) is 35.9 Å². The Hall–Kier alpha value is -1.35. The molecule has 0 spiro atoms. The average Bonchev–Trinajstić information content (AvgIpc) is 2.16. The molecule has 0 heterocycles. The normalized spacial score (nSPS) is 20.3. The van der Waals surface area contributed by atoms with Crippen LogP contribution in [0.5, 0.6) is 0 Å². The SMILES string of the molecule is O=C(O)[C@H](c1ccccc1)C1(O)CCC1. The van der Waals surface area contributed by atoms with Crippen LogP contribution in [0.1, 0.15) is 30.7 Å². The lowest BCUT2D eigenvalue weighted by Crippen LogP contribution is -2.46. The number of hydrogen-bond donors (Lipinski definition) is 2. The topological polar surface area (TPSA) is 57.5 Å². The molecule has 3 nitrogen and oxygen atoms in total. The van der Waals surface area contributed by atoms with Crippen LogP contribution in [0.15, 0.2) is 30.3 Å². The van der Waals surface area contributed by atoms with Gasteiger partial charge in [0.1, 0.15) is 5.92 Å². The fourth-order valence-electron chi connectivity index (χ4n) is 2.16. The van der Waals surface area contributed by atoms with E-state index in [4.69, 9.17) is 5.11 Å². The van der Waals surface area contributed by atoms with Crippen molar-refractivity contribution < 1.29 is 15.0 Å². The largest absolute Gasteiger partial charge is 0.481 e. The number of carboxylic acid groups (broad SMARTS) is 1. The van der Waals surface area contributed by atoms with E-state index in [1.165, 1.54) is 0 Å². The molecule has 15 heavy (non-hydrogen) atoms. The summed E-state index contributed by atoms with van der Waals surface area (Å²) in [7, 11) is 0. The Labute approximate surface area is 88.4 Å². The molecule has 0 aliphatic heterocycles. The molecule has 2 N–H and O–H groups in total. The standard InChI is InChI=1S/C12H14O3/c13-11(14)10(12(15)7-4-8-12)9-5-2-1-3-6-9/h1-3,5-6,10,15H,4,7-8H2,(H,13,14)/t10-/m0/s1. The quantitative estimate of drug-likeness (QED) is 0.792. The number of aliphatic hydroxyl groups is 1. The maximum atomic E-state index is 11.2. The molecule has 0 radical (unpaired) electrons. The highest BCUT2D eigenvalue weighted by molar-refractivity contribution is 5.78. The fraction of sp³-hybridized carbons (Fsp3) is 0.417. The molecule has 2 rings (SSSR count). The van der Waals surface area contributed by atoms with Crippen molar-refractivity contribution in [1.29, 1.82) is 0 Å². The van der Waals surface area contributed by atoms with Crippen LogP contribution < -0.4 is 0 Å². The predicted molar refractivity (Wildman–Crippen MR) is 55.6 cm³/mol. The molecule has 0 unspecified atom stereocenters. The van der Waals surface area contributed by atoms with Crippen LogP contribution in [-0.2, 0) is 4.79 Å². The van der Waals surface area contributed by atoms with E-state index < -0.39 is 17.5 Å². The molecule has 1 aromatic carbocycles. The summed E-state index contributed by atoms with van der Waals surface area (Å²) < 4.78 is 0. The molecule has 0 saturated heterocycles. The van der Waals surface area contributed by atoms with Gasteiger partial charge in [-0.15, -0.1) is 0 Å². The maximum absolute atomic E-state index is 11.2. The second-order valence-electron chi connectivity index (χ2n) is 4.14. The number of carbonyl (C=O) groups is 1. The monoisotopic (exact) mass is 206 g/mol. The third-order valence-corrected chi connectivity index (χ3v) is 3.14. The Morgan fingerprint density at radius 1 is 1.27 bits per heavy atom. The Balaban J connectivity index is 2.32. The smallest absolute Gasteiger partial charge is 0.313 e. The van der Waals surface area contributed by atoms with E-state index in [1.54, 1.807) is 24.3 Å². The first-order valence-corrected chi connectivity index (χ1v) is 5.14. The van der Waals surface area contributed by atoms with Gasteiger partial charge in [-0.1, -0.05) is 30.3 Å². The molecular formula is C12H14O3. The van der Waals surface area contributed by atoms with Gasteiger partial charge >= 0.3 is 5.97 Å². The van der Waals surface area contributed by atoms with Gasteiger partial charge in [0.15, 0.2) is 0 Å². The second kappa shape index (κ2) is 3.66. The second-order valence-corrected chi connectivity index (χ2v) is 4.14. The number of hydrogen-bond acceptors (Lipinski definition) is 2. The zero-order valence-corrected chi connectivity index (χ0v) is 8.39. The lowest BCUT2D eigenvalue weighted by molar-refractivity contribution is -0.151. The first kappa shape index (κ1) is 10.2. The van der Waals surface area contributed by atoms with Gasteiger partial charge in [-0.25, -0.2) is 0 Å². The minimum absolute atomic E-state index is 0.582. The Kier molecular flexibility index (Phi) is 2.49. The molecular weight excluding hydrogens is 192 g/mol. The summed E-state index contributed by atoms with van der Waals surface area (Å²) >= 11 is 0. The van der Waals surface area contributed by atoms with E-state index in [1.807, 2.05) is 6.07 Å². The highest BCUT2D eigenvalue weighted by atomic mass is 16.4. The Bertz CT molecular complexity index is 354. The summed E-state index contributed by atoms with van der Waals surface area (Å²) in [6.07, 6.45) is 2.07. The summed E-state index contributed by atoms with van der Waals surface area (Å²) in [4.78, 5) is 11.2. The molecule has 0 bridgehead atoms. The highest BCUT2D eigenvalue weighted by Gasteiger charge is 2.46. The van der Waals surface area contributed by atoms with Crippen molar-refractivity contribution in [3.63, 3.8) is 0 Å². The molecule has 80 valence electrons. The molecule has 0 amide bonds. The van der Waals surface area contributed by atoms with E-state index in [2.05, 4.69) is 0 Å². The first-order chi connectivity index (χ1) is 7.13. The third kappa shape index (κ3) is 1.75. The van der Waals surface area contributed by atoms with Gasteiger partial charge in [-0.3, -0.25) is 4.79 Å². The Morgan fingerprint density at radius 2 is 1.87 bits per heavy atom. The van der Waals surface area contributed by atoms with Gasteiger partial charge in [0.2, 0.25) is 0 Å². The van der Waals surface area contributed by atoms with Crippen molar-refractivity contribution >= 4 is 5.97 Å². The van der Waals surface area contributed by atoms with Crippen molar-refractivity contribution in [1.82, 2.24) is 0 Å². The minimum atomic E-state index is -1.03. The summed E-state index contributed by atoms with van der Waals surface area (Å²) in [6, 6.07) is 8.96. The summed E-state index contributed by atoms with van der Waals surface area (Å²) in [5.74, 6) is -1.73. The molecule has 0 aromatic heterocycles. The number of carboxylic acids is 1. The molecule has 1 atom stereocenters.